The van der Waals surface area contributed by atoms with Crippen LogP contribution in [-0.2, 0) is 4.84 Å². The smallest absolute Gasteiger partial charge is 0.269 e. The van der Waals surface area contributed by atoms with E-state index in [1.54, 1.807) is 6.07 Å². The zero-order chi connectivity index (χ0) is 10.6. The summed E-state index contributed by atoms with van der Waals surface area (Å²) < 4.78 is 0. The molecule has 0 aliphatic heterocycles. The Labute approximate surface area is 81.6 Å². The maximum absolute atomic E-state index is 10.5. The second kappa shape index (κ2) is 4.69. The largest absolute Gasteiger partial charge is 0.304 e. The third kappa shape index (κ3) is 2.51. The van der Waals surface area contributed by atoms with Gasteiger partial charge in [-0.2, -0.15) is 0 Å². The Hall–Kier alpha value is -1.46. The Morgan fingerprint density at radius 1 is 1.64 bits per heavy atom. The summed E-state index contributed by atoms with van der Waals surface area (Å²) in [5.74, 6) is 4.99. The molecule has 0 radical (unpaired) electrons. The molecule has 1 unspecified atom stereocenters. The third-order valence-electron chi connectivity index (χ3n) is 2.00. The van der Waals surface area contributed by atoms with Crippen molar-refractivity contribution in [3.63, 3.8) is 0 Å². The zero-order valence-electron chi connectivity index (χ0n) is 7.84. The molecule has 1 aromatic carbocycles. The summed E-state index contributed by atoms with van der Waals surface area (Å²) in [6, 6.07) is 6.46. The van der Waals surface area contributed by atoms with Gasteiger partial charge in [-0.25, -0.2) is 5.90 Å². The average Bonchev–Trinajstić information content (AvgIpc) is 2.18. The van der Waals surface area contributed by atoms with E-state index in [1.165, 1.54) is 12.1 Å². The molecule has 1 aromatic rings. The minimum atomic E-state index is -0.417. The van der Waals surface area contributed by atoms with Gasteiger partial charge in [0.05, 0.1) is 11.5 Å². The molecule has 0 spiro atoms. The van der Waals surface area contributed by atoms with Crippen LogP contribution in [0, 0.1) is 10.1 Å². The summed E-state index contributed by atoms with van der Waals surface area (Å²) >= 11 is 0. The molecular formula is C9H12N2O3. The monoisotopic (exact) mass is 196 g/mol. The fourth-order valence-corrected chi connectivity index (χ4v) is 1.19. The van der Waals surface area contributed by atoms with Crippen molar-refractivity contribution >= 4 is 5.69 Å². The third-order valence-corrected chi connectivity index (χ3v) is 2.00. The van der Waals surface area contributed by atoms with Crippen molar-refractivity contribution in [1.82, 2.24) is 0 Å². The van der Waals surface area contributed by atoms with Crippen molar-refractivity contribution in [1.29, 1.82) is 0 Å². The van der Waals surface area contributed by atoms with Gasteiger partial charge in [0.15, 0.2) is 0 Å². The van der Waals surface area contributed by atoms with E-state index in [0.717, 1.165) is 5.56 Å². The van der Waals surface area contributed by atoms with Gasteiger partial charge in [-0.05, 0) is 5.56 Å². The minimum absolute atomic E-state index is 0.0555. The number of nitro groups is 1. The molecule has 76 valence electrons. The number of hydrogen-bond acceptors (Lipinski definition) is 4. The van der Waals surface area contributed by atoms with E-state index in [-0.39, 0.29) is 11.6 Å². The highest BCUT2D eigenvalue weighted by molar-refractivity contribution is 5.35. The molecule has 0 bridgehead atoms. The molecule has 2 N–H and O–H groups in total. The SMILES string of the molecule is CC(CON)c1cccc([N+](=O)[O-])c1. The number of nitrogens with two attached hydrogens (primary N) is 1. The van der Waals surface area contributed by atoms with Crippen LogP contribution < -0.4 is 5.90 Å². The van der Waals surface area contributed by atoms with Crippen molar-refractivity contribution in [2.45, 2.75) is 12.8 Å². The van der Waals surface area contributed by atoms with E-state index >= 15 is 0 Å². The van der Waals surface area contributed by atoms with Gasteiger partial charge in [0.1, 0.15) is 0 Å². The second-order valence-electron chi connectivity index (χ2n) is 3.09. The molecule has 0 aliphatic rings. The van der Waals surface area contributed by atoms with Gasteiger partial charge in [0, 0.05) is 18.1 Å². The fourth-order valence-electron chi connectivity index (χ4n) is 1.19. The van der Waals surface area contributed by atoms with Crippen molar-refractivity contribution in [2.24, 2.45) is 5.90 Å². The topological polar surface area (TPSA) is 78.4 Å². The number of hydrogen-bond donors (Lipinski definition) is 1. The Balaban J connectivity index is 2.87. The van der Waals surface area contributed by atoms with Gasteiger partial charge >= 0.3 is 0 Å². The molecule has 0 saturated carbocycles. The van der Waals surface area contributed by atoms with Crippen LogP contribution in [0.5, 0.6) is 0 Å². The van der Waals surface area contributed by atoms with Gasteiger partial charge in [0.25, 0.3) is 5.69 Å². The van der Waals surface area contributed by atoms with Crippen molar-refractivity contribution in [3.05, 3.63) is 39.9 Å². The number of nitrogens with zero attached hydrogens (tertiary/aromatic N) is 1. The first kappa shape index (κ1) is 10.6. The quantitative estimate of drug-likeness (QED) is 0.585. The van der Waals surface area contributed by atoms with Crippen LogP contribution in [-0.4, -0.2) is 11.5 Å². The van der Waals surface area contributed by atoms with Gasteiger partial charge in [-0.3, -0.25) is 10.1 Å². The van der Waals surface area contributed by atoms with Crippen LogP contribution >= 0.6 is 0 Å². The molecule has 0 amide bonds. The van der Waals surface area contributed by atoms with E-state index in [1.807, 2.05) is 13.0 Å². The van der Waals surface area contributed by atoms with E-state index in [2.05, 4.69) is 4.84 Å². The van der Waals surface area contributed by atoms with Gasteiger partial charge < -0.3 is 4.84 Å². The lowest BCUT2D eigenvalue weighted by Crippen LogP contribution is -2.08. The van der Waals surface area contributed by atoms with E-state index in [9.17, 15) is 10.1 Å². The van der Waals surface area contributed by atoms with Crippen LogP contribution in [0.1, 0.15) is 18.4 Å². The number of nitro benzene ring substituents is 1. The molecule has 0 aromatic heterocycles. The lowest BCUT2D eigenvalue weighted by molar-refractivity contribution is -0.384. The Bertz CT molecular complexity index is 328. The molecule has 0 aliphatic carbocycles. The zero-order valence-corrected chi connectivity index (χ0v) is 7.84. The van der Waals surface area contributed by atoms with Crippen LogP contribution in [0.15, 0.2) is 24.3 Å². The molecule has 0 fully saturated rings. The van der Waals surface area contributed by atoms with E-state index < -0.39 is 4.92 Å². The van der Waals surface area contributed by atoms with Crippen LogP contribution in [0.3, 0.4) is 0 Å². The Kier molecular flexibility index (Phi) is 3.55. The lowest BCUT2D eigenvalue weighted by atomic mass is 10.0. The summed E-state index contributed by atoms with van der Waals surface area (Å²) in [6.07, 6.45) is 0. The van der Waals surface area contributed by atoms with Crippen LogP contribution in [0.25, 0.3) is 0 Å². The minimum Gasteiger partial charge on any atom is -0.304 e. The van der Waals surface area contributed by atoms with Gasteiger partial charge in [-0.1, -0.05) is 19.1 Å². The van der Waals surface area contributed by atoms with Crippen LogP contribution in [0.2, 0.25) is 0 Å². The van der Waals surface area contributed by atoms with E-state index in [0.29, 0.717) is 6.61 Å². The molecular weight excluding hydrogens is 184 g/mol. The first-order chi connectivity index (χ1) is 6.65. The molecule has 14 heavy (non-hydrogen) atoms. The van der Waals surface area contributed by atoms with Crippen molar-refractivity contribution in [2.75, 3.05) is 6.61 Å². The lowest BCUT2D eigenvalue weighted by Gasteiger charge is -2.09. The predicted molar refractivity (Wildman–Crippen MR) is 51.7 cm³/mol. The maximum atomic E-state index is 10.5. The summed E-state index contributed by atoms with van der Waals surface area (Å²) in [4.78, 5) is 14.6. The fraction of sp³-hybridized carbons (Fsp3) is 0.333. The summed E-state index contributed by atoms with van der Waals surface area (Å²) in [5, 5.41) is 10.5. The number of non-ortho nitro benzene ring substituents is 1. The number of benzene rings is 1. The average molecular weight is 196 g/mol. The molecule has 0 saturated heterocycles. The maximum Gasteiger partial charge on any atom is 0.269 e. The summed E-state index contributed by atoms with van der Waals surface area (Å²) in [7, 11) is 0. The normalized spacial score (nSPS) is 12.4. The molecule has 0 heterocycles. The first-order valence-electron chi connectivity index (χ1n) is 4.21. The van der Waals surface area contributed by atoms with Gasteiger partial charge in [-0.15, -0.1) is 0 Å². The molecule has 5 nitrogen and oxygen atoms in total. The first-order valence-corrected chi connectivity index (χ1v) is 4.21. The summed E-state index contributed by atoms with van der Waals surface area (Å²) in [5.41, 5.74) is 0.941. The Morgan fingerprint density at radius 2 is 2.36 bits per heavy atom. The van der Waals surface area contributed by atoms with Crippen molar-refractivity contribution < 1.29 is 9.76 Å². The number of rotatable bonds is 4. The van der Waals surface area contributed by atoms with E-state index in [4.69, 9.17) is 5.90 Å². The highest BCUT2D eigenvalue weighted by Gasteiger charge is 2.10. The summed E-state index contributed by atoms with van der Waals surface area (Å²) in [6.45, 7) is 2.24. The highest BCUT2D eigenvalue weighted by Crippen LogP contribution is 2.20. The standard InChI is InChI=1S/C9H12N2O3/c1-7(6-14-10)8-3-2-4-9(5-8)11(12)13/h2-5,7H,6,10H2,1H3. The van der Waals surface area contributed by atoms with Crippen LogP contribution in [0.4, 0.5) is 5.69 Å². The Morgan fingerprint density at radius 3 is 2.93 bits per heavy atom. The predicted octanol–water partition coefficient (Wildman–Crippen LogP) is 1.59. The van der Waals surface area contributed by atoms with Crippen molar-refractivity contribution in [3.8, 4) is 0 Å². The molecule has 5 heteroatoms. The molecule has 1 rings (SSSR count). The van der Waals surface area contributed by atoms with Gasteiger partial charge in [0.2, 0.25) is 0 Å². The second-order valence-corrected chi connectivity index (χ2v) is 3.09. The molecule has 1 atom stereocenters. The highest BCUT2D eigenvalue weighted by atomic mass is 16.6.